The second kappa shape index (κ2) is 49.1. The first kappa shape index (κ1) is 29.3. The van der Waals surface area contributed by atoms with Crippen LogP contribution in [0.4, 0.5) is 0 Å². The van der Waals surface area contributed by atoms with Crippen LogP contribution in [-0.4, -0.2) is 0 Å². The lowest BCUT2D eigenvalue weighted by Gasteiger charge is -1.90. The maximum absolute atomic E-state index is 3.00. The molecule has 0 unspecified atom stereocenters. The van der Waals surface area contributed by atoms with Crippen molar-refractivity contribution in [3.8, 4) is 0 Å². The maximum Gasteiger partial charge on any atom is -0.0474 e. The maximum atomic E-state index is 3.00. The summed E-state index contributed by atoms with van der Waals surface area (Å²) >= 11 is 0. The molecular weight excluding hydrogens is 180 g/mol. The molecule has 0 nitrogen and oxygen atoms in total. The molecular formula is C15H38. The molecule has 0 aliphatic carbocycles. The van der Waals surface area contributed by atoms with E-state index in [1.54, 1.807) is 0 Å². The summed E-state index contributed by atoms with van der Waals surface area (Å²) in [5, 5.41) is 0. The monoisotopic (exact) mass is 218 g/mol. The van der Waals surface area contributed by atoms with E-state index in [-0.39, 0.29) is 0 Å². The average molecular weight is 218 g/mol. The lowest BCUT2D eigenvalue weighted by molar-refractivity contribution is 0.626. The molecule has 98 valence electrons. The van der Waals surface area contributed by atoms with Gasteiger partial charge in [0.1, 0.15) is 0 Å². The SMILES string of the molecule is C=C.CC.CC.CC(C)C.CCC(C)C. The molecule has 0 amide bonds. The summed E-state index contributed by atoms with van der Waals surface area (Å²) in [7, 11) is 0. The van der Waals surface area contributed by atoms with Crippen LogP contribution in [0.3, 0.4) is 0 Å². The first-order valence-corrected chi connectivity index (χ1v) is 6.50. The molecule has 0 spiro atoms. The third-order valence-electron chi connectivity index (χ3n) is 0.816. The molecule has 15 heavy (non-hydrogen) atoms. The fourth-order valence-corrected chi connectivity index (χ4v) is 0. The molecule has 0 rings (SSSR count). The molecule has 0 aromatic heterocycles. The van der Waals surface area contributed by atoms with Crippen molar-refractivity contribution in [2.45, 2.75) is 75.7 Å². The Balaban J connectivity index is -0.0000000301. The van der Waals surface area contributed by atoms with Gasteiger partial charge in [-0.05, 0) is 11.8 Å². The summed E-state index contributed by atoms with van der Waals surface area (Å²) in [5.74, 6) is 1.72. The smallest absolute Gasteiger partial charge is 0.0474 e. The van der Waals surface area contributed by atoms with Crippen LogP contribution in [0, 0.1) is 11.8 Å². The molecule has 0 fully saturated rings. The van der Waals surface area contributed by atoms with Crippen LogP contribution >= 0.6 is 0 Å². The van der Waals surface area contributed by atoms with Gasteiger partial charge in [0.2, 0.25) is 0 Å². The fraction of sp³-hybridized carbons (Fsp3) is 0.867. The highest BCUT2D eigenvalue weighted by molar-refractivity contribution is 4.32. The van der Waals surface area contributed by atoms with Gasteiger partial charge >= 0.3 is 0 Å². The molecule has 0 saturated heterocycles. The Hall–Kier alpha value is -0.260. The van der Waals surface area contributed by atoms with Crippen molar-refractivity contribution in [2.75, 3.05) is 0 Å². The molecule has 0 heteroatoms. The molecule has 0 aromatic rings. The summed E-state index contributed by atoms with van der Waals surface area (Å²) < 4.78 is 0. The highest BCUT2D eigenvalue weighted by atomic mass is 13.9. The van der Waals surface area contributed by atoms with E-state index >= 15 is 0 Å². The van der Waals surface area contributed by atoms with Gasteiger partial charge in [-0.25, -0.2) is 0 Å². The van der Waals surface area contributed by atoms with Crippen LogP contribution < -0.4 is 0 Å². The van der Waals surface area contributed by atoms with Crippen LogP contribution in [0.25, 0.3) is 0 Å². The second-order valence-electron chi connectivity index (χ2n) is 3.53. The lowest BCUT2D eigenvalue weighted by Crippen LogP contribution is -1.77. The Morgan fingerprint density at radius 3 is 0.800 bits per heavy atom. The van der Waals surface area contributed by atoms with Crippen molar-refractivity contribution >= 4 is 0 Å². The Morgan fingerprint density at radius 1 is 0.733 bits per heavy atom. The largest absolute Gasteiger partial charge is 0.106 e. The van der Waals surface area contributed by atoms with Gasteiger partial charge < -0.3 is 0 Å². The standard InChI is InChI=1S/C5H12.C4H10.2C2H6.C2H4/c1-4-5(2)3;1-4(2)3;3*1-2/h5H,4H2,1-3H3;4H,1-3H3;2*1-2H3;1-2H2. The van der Waals surface area contributed by atoms with E-state index in [4.69, 9.17) is 0 Å². The molecule has 0 radical (unpaired) electrons. The van der Waals surface area contributed by atoms with E-state index in [9.17, 15) is 0 Å². The van der Waals surface area contributed by atoms with Gasteiger partial charge in [0.05, 0.1) is 0 Å². The van der Waals surface area contributed by atoms with Gasteiger partial charge in [-0.3, -0.25) is 0 Å². The zero-order valence-corrected chi connectivity index (χ0v) is 13.3. The van der Waals surface area contributed by atoms with E-state index in [1.807, 2.05) is 27.7 Å². The highest BCUT2D eigenvalue weighted by Crippen LogP contribution is 1.93. The zero-order valence-electron chi connectivity index (χ0n) is 13.3. The number of hydrogen-bond donors (Lipinski definition) is 0. The van der Waals surface area contributed by atoms with Gasteiger partial charge in [-0.2, -0.15) is 0 Å². The average Bonchev–Trinajstić information content (AvgIpc) is 2.26. The molecule has 0 N–H and O–H groups in total. The third kappa shape index (κ3) is 625. The van der Waals surface area contributed by atoms with Gasteiger partial charge in [0, 0.05) is 0 Å². The lowest BCUT2D eigenvalue weighted by atomic mass is 10.2. The summed E-state index contributed by atoms with van der Waals surface area (Å²) in [4.78, 5) is 0. The predicted octanol–water partition coefficient (Wildman–Crippen LogP) is 6.57. The minimum atomic E-state index is 0.833. The summed E-state index contributed by atoms with van der Waals surface area (Å²) in [6, 6.07) is 0. The van der Waals surface area contributed by atoms with E-state index in [1.165, 1.54) is 6.42 Å². The Morgan fingerprint density at radius 2 is 0.800 bits per heavy atom. The molecule has 0 heterocycles. The van der Waals surface area contributed by atoms with Crippen molar-refractivity contribution in [1.82, 2.24) is 0 Å². The van der Waals surface area contributed by atoms with Crippen LogP contribution in [0.15, 0.2) is 13.2 Å². The van der Waals surface area contributed by atoms with Crippen molar-refractivity contribution in [3.05, 3.63) is 13.2 Å². The topological polar surface area (TPSA) is 0 Å². The normalized spacial score (nSPS) is 6.67. The third-order valence-corrected chi connectivity index (χ3v) is 0.816. The van der Waals surface area contributed by atoms with E-state index in [0.717, 1.165) is 11.8 Å². The minimum absolute atomic E-state index is 0.833. The molecule has 0 aliphatic rings. The van der Waals surface area contributed by atoms with Crippen molar-refractivity contribution in [1.29, 1.82) is 0 Å². The van der Waals surface area contributed by atoms with Crippen LogP contribution in [0.1, 0.15) is 75.7 Å². The van der Waals surface area contributed by atoms with Gasteiger partial charge in [-0.15, -0.1) is 13.2 Å². The minimum Gasteiger partial charge on any atom is -0.106 e. The van der Waals surface area contributed by atoms with Gasteiger partial charge in [0.25, 0.3) is 0 Å². The summed E-state index contributed by atoms with van der Waals surface area (Å²) in [6.07, 6.45) is 1.31. The molecule has 0 atom stereocenters. The van der Waals surface area contributed by atoms with Crippen molar-refractivity contribution in [2.24, 2.45) is 11.8 Å². The van der Waals surface area contributed by atoms with Gasteiger partial charge in [0.15, 0.2) is 0 Å². The van der Waals surface area contributed by atoms with Crippen LogP contribution in [-0.2, 0) is 0 Å². The molecule has 0 aromatic carbocycles. The number of rotatable bonds is 1. The second-order valence-corrected chi connectivity index (χ2v) is 3.53. The Kier molecular flexibility index (Phi) is 96.0. The zero-order chi connectivity index (χ0) is 13.9. The highest BCUT2D eigenvalue weighted by Gasteiger charge is 1.80. The summed E-state index contributed by atoms with van der Waals surface area (Å²) in [5.41, 5.74) is 0. The van der Waals surface area contributed by atoms with E-state index in [2.05, 4.69) is 54.7 Å². The Bertz CT molecular complexity index is 41.2. The Labute approximate surface area is 101 Å². The summed E-state index contributed by atoms with van der Waals surface area (Å²) in [6.45, 7) is 27.1. The first-order valence-electron chi connectivity index (χ1n) is 6.50. The molecule has 0 bridgehead atoms. The van der Waals surface area contributed by atoms with E-state index in [0.29, 0.717) is 0 Å². The van der Waals surface area contributed by atoms with Crippen molar-refractivity contribution < 1.29 is 0 Å². The van der Waals surface area contributed by atoms with E-state index < -0.39 is 0 Å². The fourth-order valence-electron chi connectivity index (χ4n) is 0. The van der Waals surface area contributed by atoms with Gasteiger partial charge in [-0.1, -0.05) is 75.7 Å². The first-order chi connectivity index (χ1) is 7.00. The predicted molar refractivity (Wildman–Crippen MR) is 79.6 cm³/mol. The molecule has 0 aliphatic heterocycles. The molecule has 0 saturated carbocycles. The van der Waals surface area contributed by atoms with Crippen molar-refractivity contribution in [3.63, 3.8) is 0 Å². The van der Waals surface area contributed by atoms with Crippen LogP contribution in [0.5, 0.6) is 0 Å². The quantitative estimate of drug-likeness (QED) is 0.437. The number of hydrogen-bond acceptors (Lipinski definition) is 0. The van der Waals surface area contributed by atoms with Crippen LogP contribution in [0.2, 0.25) is 0 Å².